The minimum atomic E-state index is -0.255. The van der Waals surface area contributed by atoms with Crippen LogP contribution in [0.4, 0.5) is 5.13 Å². The predicted octanol–water partition coefficient (Wildman–Crippen LogP) is 6.83. The number of unbranched alkanes of at least 4 members (excludes halogenated alkanes) is 3. The Morgan fingerprint density at radius 2 is 1.88 bits per heavy atom. The molecule has 0 spiro atoms. The van der Waals surface area contributed by atoms with E-state index in [1.165, 1.54) is 30.3 Å². The molecule has 0 atom stereocenters. The second kappa shape index (κ2) is 13.4. The van der Waals surface area contributed by atoms with Crippen LogP contribution >= 0.6 is 11.3 Å². The summed E-state index contributed by atoms with van der Waals surface area (Å²) in [5, 5.41) is 5.26. The van der Waals surface area contributed by atoms with Crippen molar-refractivity contribution in [3.05, 3.63) is 59.5 Å². The van der Waals surface area contributed by atoms with Gasteiger partial charge in [0, 0.05) is 17.0 Å². The number of rotatable bonds is 13. The SMILES string of the molecule is CCCCCCOc1ccc(/C=C/C(=O)Nc2nc(-c3ccccc3OCC)cs2)cc1OC. The van der Waals surface area contributed by atoms with Gasteiger partial charge in [-0.25, -0.2) is 4.98 Å². The van der Waals surface area contributed by atoms with Crippen LogP contribution in [0.1, 0.15) is 45.1 Å². The summed E-state index contributed by atoms with van der Waals surface area (Å²) in [6.45, 7) is 5.37. The van der Waals surface area contributed by atoms with Crippen molar-refractivity contribution in [1.82, 2.24) is 4.98 Å². The summed E-state index contributed by atoms with van der Waals surface area (Å²) in [5.74, 6) is 1.88. The van der Waals surface area contributed by atoms with E-state index >= 15 is 0 Å². The fourth-order valence-electron chi connectivity index (χ4n) is 3.35. The molecule has 0 saturated carbocycles. The molecule has 0 bridgehead atoms. The molecule has 3 aromatic rings. The van der Waals surface area contributed by atoms with Crippen LogP contribution in [0.15, 0.2) is 53.9 Å². The van der Waals surface area contributed by atoms with Crippen LogP contribution < -0.4 is 19.5 Å². The molecule has 180 valence electrons. The number of hydrogen-bond acceptors (Lipinski definition) is 6. The van der Waals surface area contributed by atoms with Gasteiger partial charge in [0.1, 0.15) is 5.75 Å². The number of hydrogen-bond donors (Lipinski definition) is 1. The Bertz CT molecular complexity index is 1090. The Labute approximate surface area is 205 Å². The third-order valence-corrected chi connectivity index (χ3v) is 5.83. The highest BCUT2D eigenvalue weighted by molar-refractivity contribution is 7.14. The number of nitrogens with one attached hydrogen (secondary N) is 1. The molecule has 1 N–H and O–H groups in total. The van der Waals surface area contributed by atoms with E-state index in [1.807, 2.05) is 54.8 Å². The van der Waals surface area contributed by atoms with E-state index < -0.39 is 0 Å². The number of thiazole rings is 1. The number of amides is 1. The fraction of sp³-hybridized carbons (Fsp3) is 0.333. The van der Waals surface area contributed by atoms with Crippen molar-refractivity contribution < 1.29 is 19.0 Å². The van der Waals surface area contributed by atoms with E-state index in [1.54, 1.807) is 13.2 Å². The van der Waals surface area contributed by atoms with Crippen LogP contribution in [0.3, 0.4) is 0 Å². The van der Waals surface area contributed by atoms with Gasteiger partial charge in [-0.15, -0.1) is 11.3 Å². The number of benzene rings is 2. The van der Waals surface area contributed by atoms with E-state index in [4.69, 9.17) is 14.2 Å². The molecular weight excluding hydrogens is 448 g/mol. The highest BCUT2D eigenvalue weighted by Gasteiger charge is 2.11. The van der Waals surface area contributed by atoms with E-state index in [2.05, 4.69) is 17.2 Å². The molecule has 0 aliphatic carbocycles. The number of ether oxygens (including phenoxy) is 3. The third kappa shape index (κ3) is 7.35. The highest BCUT2D eigenvalue weighted by Crippen LogP contribution is 2.32. The molecule has 6 nitrogen and oxygen atoms in total. The Morgan fingerprint density at radius 3 is 2.68 bits per heavy atom. The van der Waals surface area contributed by atoms with E-state index in [9.17, 15) is 4.79 Å². The number of aromatic nitrogens is 1. The van der Waals surface area contributed by atoms with Crippen molar-refractivity contribution in [2.24, 2.45) is 0 Å². The topological polar surface area (TPSA) is 69.7 Å². The van der Waals surface area contributed by atoms with Crippen molar-refractivity contribution in [2.75, 3.05) is 25.6 Å². The average molecular weight is 481 g/mol. The summed E-state index contributed by atoms with van der Waals surface area (Å²) < 4.78 is 17.0. The molecule has 1 heterocycles. The molecule has 0 radical (unpaired) electrons. The zero-order valence-corrected chi connectivity index (χ0v) is 20.8. The standard InChI is InChI=1S/C27H32N2O4S/c1-4-6-7-10-17-33-24-15-13-20(18-25(24)31-3)14-16-26(30)29-27-28-22(19-34-27)21-11-8-9-12-23(21)32-5-2/h8-9,11-16,18-19H,4-7,10,17H2,1-3H3,(H,28,29,30)/b16-14+. The summed E-state index contributed by atoms with van der Waals surface area (Å²) >= 11 is 1.37. The first-order valence-electron chi connectivity index (χ1n) is 11.6. The van der Waals surface area contributed by atoms with Gasteiger partial charge in [0.2, 0.25) is 5.91 Å². The largest absolute Gasteiger partial charge is 0.493 e. The molecule has 0 aliphatic rings. The maximum Gasteiger partial charge on any atom is 0.250 e. The van der Waals surface area contributed by atoms with E-state index in [-0.39, 0.29) is 5.91 Å². The lowest BCUT2D eigenvalue weighted by atomic mass is 10.1. The number of carbonyl (C=O) groups is 1. The van der Waals surface area contributed by atoms with Crippen molar-refractivity contribution >= 4 is 28.5 Å². The molecule has 34 heavy (non-hydrogen) atoms. The van der Waals surface area contributed by atoms with Crippen molar-refractivity contribution in [3.8, 4) is 28.5 Å². The molecular formula is C27H32N2O4S. The average Bonchev–Trinajstić information content (AvgIpc) is 3.31. The summed E-state index contributed by atoms with van der Waals surface area (Å²) in [4.78, 5) is 17.0. The quantitative estimate of drug-likeness (QED) is 0.214. The molecule has 0 fully saturated rings. The molecule has 0 saturated heterocycles. The van der Waals surface area contributed by atoms with Gasteiger partial charge in [0.15, 0.2) is 16.6 Å². The lowest BCUT2D eigenvalue weighted by Crippen LogP contribution is -2.07. The van der Waals surface area contributed by atoms with Crippen molar-refractivity contribution in [2.45, 2.75) is 39.5 Å². The van der Waals surface area contributed by atoms with Gasteiger partial charge >= 0.3 is 0 Å². The number of nitrogens with zero attached hydrogens (tertiary/aromatic N) is 1. The van der Waals surface area contributed by atoms with Crippen LogP contribution in [0, 0.1) is 0 Å². The van der Waals surface area contributed by atoms with Crippen LogP contribution in [0.25, 0.3) is 17.3 Å². The van der Waals surface area contributed by atoms with Crippen LogP contribution in [0.5, 0.6) is 17.2 Å². The molecule has 3 rings (SSSR count). The smallest absolute Gasteiger partial charge is 0.250 e. The predicted molar refractivity (Wildman–Crippen MR) is 139 cm³/mol. The molecule has 2 aromatic carbocycles. The maximum absolute atomic E-state index is 12.4. The summed E-state index contributed by atoms with van der Waals surface area (Å²) in [7, 11) is 1.61. The second-order valence-corrected chi connectivity index (χ2v) is 8.47. The monoisotopic (exact) mass is 480 g/mol. The normalized spacial score (nSPS) is 10.9. The fourth-order valence-corrected chi connectivity index (χ4v) is 4.07. The highest BCUT2D eigenvalue weighted by atomic mass is 32.1. The van der Waals surface area contributed by atoms with E-state index in [0.717, 1.165) is 35.4 Å². The van der Waals surface area contributed by atoms with Crippen LogP contribution in [0.2, 0.25) is 0 Å². The second-order valence-electron chi connectivity index (χ2n) is 7.61. The first-order valence-corrected chi connectivity index (χ1v) is 12.5. The number of methoxy groups -OCH3 is 1. The van der Waals surface area contributed by atoms with Crippen molar-refractivity contribution in [1.29, 1.82) is 0 Å². The zero-order valence-electron chi connectivity index (χ0n) is 20.0. The maximum atomic E-state index is 12.4. The summed E-state index contributed by atoms with van der Waals surface area (Å²) in [5.41, 5.74) is 2.51. The molecule has 0 aliphatic heterocycles. The van der Waals surface area contributed by atoms with E-state index in [0.29, 0.717) is 29.8 Å². The lowest BCUT2D eigenvalue weighted by molar-refractivity contribution is -0.111. The van der Waals surface area contributed by atoms with Gasteiger partial charge in [0.05, 0.1) is 26.0 Å². The van der Waals surface area contributed by atoms with Crippen LogP contribution in [-0.2, 0) is 4.79 Å². The molecule has 0 unspecified atom stereocenters. The van der Waals surface area contributed by atoms with Gasteiger partial charge in [-0.05, 0) is 49.2 Å². The number of anilines is 1. The molecule has 1 amide bonds. The Morgan fingerprint density at radius 1 is 1.03 bits per heavy atom. The Balaban J connectivity index is 1.59. The van der Waals surface area contributed by atoms with Crippen LogP contribution in [-0.4, -0.2) is 31.2 Å². The first-order chi connectivity index (χ1) is 16.6. The summed E-state index contributed by atoms with van der Waals surface area (Å²) in [6.07, 6.45) is 7.82. The Hall–Kier alpha value is -3.32. The molecule has 7 heteroatoms. The zero-order chi connectivity index (χ0) is 24.2. The third-order valence-electron chi connectivity index (χ3n) is 5.07. The first kappa shape index (κ1) is 25.3. The number of carbonyl (C=O) groups excluding carboxylic acids is 1. The van der Waals surface area contributed by atoms with Gasteiger partial charge in [-0.1, -0.05) is 44.4 Å². The molecule has 1 aromatic heterocycles. The number of para-hydroxylation sites is 1. The van der Waals surface area contributed by atoms with Gasteiger partial charge in [0.25, 0.3) is 0 Å². The van der Waals surface area contributed by atoms with Gasteiger partial charge in [-0.2, -0.15) is 0 Å². The van der Waals surface area contributed by atoms with Gasteiger partial charge in [-0.3, -0.25) is 10.1 Å². The lowest BCUT2D eigenvalue weighted by Gasteiger charge is -2.11. The Kier molecular flexibility index (Phi) is 9.98. The van der Waals surface area contributed by atoms with Gasteiger partial charge < -0.3 is 14.2 Å². The minimum Gasteiger partial charge on any atom is -0.493 e. The minimum absolute atomic E-state index is 0.255. The van der Waals surface area contributed by atoms with Crippen molar-refractivity contribution in [3.63, 3.8) is 0 Å². The summed E-state index contributed by atoms with van der Waals surface area (Å²) in [6, 6.07) is 13.4.